The molecular weight excluding hydrogens is 598 g/mol. The topological polar surface area (TPSA) is 78.9 Å². The summed E-state index contributed by atoms with van der Waals surface area (Å²) in [7, 11) is 1.93. The van der Waals surface area contributed by atoms with Gasteiger partial charge >= 0.3 is 0 Å². The number of ether oxygens (including phenoxy) is 1. The highest BCUT2D eigenvalue weighted by atomic mass is 16.5. The Kier molecular flexibility index (Phi) is 8.05. The lowest BCUT2D eigenvalue weighted by Gasteiger charge is -2.57. The molecule has 248 valence electrons. The fourth-order valence-electron chi connectivity index (χ4n) is 9.83. The van der Waals surface area contributed by atoms with E-state index in [-0.39, 0.29) is 11.8 Å². The van der Waals surface area contributed by atoms with Crippen LogP contribution < -0.4 is 9.64 Å². The molecule has 8 heteroatoms. The molecule has 3 aromatic carbocycles. The Bertz CT molecular complexity index is 1800. The van der Waals surface area contributed by atoms with Crippen molar-refractivity contribution in [1.82, 2.24) is 20.0 Å². The molecule has 1 aliphatic heterocycles. The van der Waals surface area contributed by atoms with E-state index >= 15 is 0 Å². The minimum atomic E-state index is -0.0412. The summed E-state index contributed by atoms with van der Waals surface area (Å²) in [5.41, 5.74) is 3.55. The first-order valence-corrected chi connectivity index (χ1v) is 17.8. The summed E-state index contributed by atoms with van der Waals surface area (Å²) in [6, 6.07) is 24.0. The molecule has 48 heavy (non-hydrogen) atoms. The fraction of sp³-hybridized carbons (Fsp3) is 0.450. The van der Waals surface area contributed by atoms with Gasteiger partial charge in [-0.1, -0.05) is 42.5 Å². The van der Waals surface area contributed by atoms with Gasteiger partial charge < -0.3 is 19.4 Å². The summed E-state index contributed by atoms with van der Waals surface area (Å²) in [6.45, 7) is 5.90. The van der Waals surface area contributed by atoms with Gasteiger partial charge in [-0.3, -0.25) is 9.59 Å². The van der Waals surface area contributed by atoms with Gasteiger partial charge in [0.2, 0.25) is 0 Å². The van der Waals surface area contributed by atoms with Crippen molar-refractivity contribution >= 4 is 28.4 Å². The van der Waals surface area contributed by atoms with E-state index in [9.17, 15) is 9.59 Å². The molecule has 5 aliphatic rings. The van der Waals surface area contributed by atoms with E-state index in [1.54, 1.807) is 0 Å². The van der Waals surface area contributed by atoms with Crippen LogP contribution in [0.5, 0.6) is 5.75 Å². The summed E-state index contributed by atoms with van der Waals surface area (Å²) in [6.07, 6.45) is 8.05. The van der Waals surface area contributed by atoms with Crippen LogP contribution in [-0.4, -0.2) is 78.2 Å². The first-order valence-electron chi connectivity index (χ1n) is 17.8. The molecule has 0 radical (unpaired) electrons. The van der Waals surface area contributed by atoms with Crippen LogP contribution in [0.25, 0.3) is 21.9 Å². The van der Waals surface area contributed by atoms with Crippen LogP contribution in [0.2, 0.25) is 0 Å². The number of fused-ring (bicyclic) bond motifs is 1. The van der Waals surface area contributed by atoms with Gasteiger partial charge in [0.05, 0.1) is 6.61 Å². The number of amides is 2. The minimum Gasteiger partial charge on any atom is -0.494 e. The number of anilines is 1. The Hall–Kier alpha value is -4.46. The van der Waals surface area contributed by atoms with Crippen molar-refractivity contribution in [3.05, 3.63) is 84.1 Å². The first kappa shape index (κ1) is 30.8. The molecule has 2 heterocycles. The second-order valence-corrected chi connectivity index (χ2v) is 14.8. The van der Waals surface area contributed by atoms with Crippen LogP contribution in [0.1, 0.15) is 66.3 Å². The number of benzene rings is 3. The summed E-state index contributed by atoms with van der Waals surface area (Å²) < 4.78 is 5.74. The van der Waals surface area contributed by atoms with Gasteiger partial charge in [-0.2, -0.15) is 0 Å². The van der Waals surface area contributed by atoms with E-state index in [0.29, 0.717) is 49.5 Å². The highest BCUT2D eigenvalue weighted by molar-refractivity contribution is 6.11. The molecule has 4 aliphatic carbocycles. The van der Waals surface area contributed by atoms with Gasteiger partial charge in [0.25, 0.3) is 11.8 Å². The number of hydrogen-bond acceptors (Lipinski definition) is 6. The van der Waals surface area contributed by atoms with E-state index < -0.39 is 0 Å². The average molecular weight is 644 g/mol. The number of aromatic nitrogens is 2. The molecule has 5 fully saturated rings. The Morgan fingerprint density at radius 3 is 2.21 bits per heavy atom. The van der Waals surface area contributed by atoms with Gasteiger partial charge in [-0.05, 0) is 121 Å². The zero-order valence-corrected chi connectivity index (χ0v) is 28.1. The smallest absolute Gasteiger partial charge is 0.274 e. The van der Waals surface area contributed by atoms with Crippen molar-refractivity contribution in [3.63, 3.8) is 0 Å². The third-order valence-electron chi connectivity index (χ3n) is 11.5. The quantitative estimate of drug-likeness (QED) is 0.207. The van der Waals surface area contributed by atoms with Gasteiger partial charge in [0, 0.05) is 45.3 Å². The van der Waals surface area contributed by atoms with Gasteiger partial charge in [0.1, 0.15) is 5.75 Å². The van der Waals surface area contributed by atoms with E-state index in [0.717, 1.165) is 57.8 Å². The molecule has 0 spiro atoms. The lowest BCUT2D eigenvalue weighted by Crippen LogP contribution is -2.51. The highest BCUT2D eigenvalue weighted by Crippen LogP contribution is 2.60. The lowest BCUT2D eigenvalue weighted by molar-refractivity contribution is -0.0629. The fourth-order valence-corrected chi connectivity index (χ4v) is 9.83. The average Bonchev–Trinajstić information content (AvgIpc) is 3.10. The lowest BCUT2D eigenvalue weighted by atomic mass is 9.49. The molecule has 4 bridgehead atoms. The summed E-state index contributed by atoms with van der Waals surface area (Å²) in [5, 5.41) is 10.8. The second-order valence-electron chi connectivity index (χ2n) is 14.8. The zero-order chi connectivity index (χ0) is 32.8. The molecule has 4 saturated carbocycles. The molecule has 0 unspecified atom stereocenters. The molecule has 1 saturated heterocycles. The largest absolute Gasteiger partial charge is 0.494 e. The second kappa shape index (κ2) is 12.5. The number of hydrogen-bond donors (Lipinski definition) is 0. The Morgan fingerprint density at radius 2 is 1.54 bits per heavy atom. The van der Waals surface area contributed by atoms with Crippen LogP contribution >= 0.6 is 0 Å². The third-order valence-corrected chi connectivity index (χ3v) is 11.5. The standard InChI is InChI=1S/C40H45N5O3/c1-3-48-31-8-6-7-30(22-31)32-11-12-35(34-10-5-4-9-33(32)34)38(46)45-17-15-44(16-18-45)37-14-13-36(41-42-37)39(47)43(2)26-40-23-27-19-28(24-40)21-29(20-27)25-40/h4-14,22,27-29H,3,15-21,23-26H2,1-2H3. The Labute approximate surface area is 283 Å². The molecule has 1 aromatic heterocycles. The zero-order valence-electron chi connectivity index (χ0n) is 28.1. The maximum atomic E-state index is 13.9. The molecule has 8 nitrogen and oxygen atoms in total. The number of carbonyl (C=O) groups excluding carboxylic acids is 2. The maximum Gasteiger partial charge on any atom is 0.274 e. The Morgan fingerprint density at radius 1 is 0.833 bits per heavy atom. The van der Waals surface area contributed by atoms with Crippen molar-refractivity contribution in [2.24, 2.45) is 23.2 Å². The predicted molar refractivity (Wildman–Crippen MR) is 188 cm³/mol. The van der Waals surface area contributed by atoms with E-state index in [4.69, 9.17) is 4.74 Å². The van der Waals surface area contributed by atoms with Crippen molar-refractivity contribution in [1.29, 1.82) is 0 Å². The summed E-state index contributed by atoms with van der Waals surface area (Å²) in [5.74, 6) is 4.17. The van der Waals surface area contributed by atoms with Crippen molar-refractivity contribution in [2.75, 3.05) is 51.3 Å². The first-order chi connectivity index (χ1) is 23.4. The molecule has 4 aromatic rings. The monoisotopic (exact) mass is 643 g/mol. The van der Waals surface area contributed by atoms with Crippen LogP contribution in [0.3, 0.4) is 0 Å². The van der Waals surface area contributed by atoms with Crippen molar-refractivity contribution in [2.45, 2.75) is 45.4 Å². The normalized spacial score (nSPS) is 24.6. The molecule has 0 atom stereocenters. The SMILES string of the molecule is CCOc1cccc(-c2ccc(C(=O)N3CCN(c4ccc(C(=O)N(C)CC56CC7CC(CC(C7)C5)C6)nn4)CC3)c3ccccc23)c1. The molecule has 2 amide bonds. The summed E-state index contributed by atoms with van der Waals surface area (Å²) in [4.78, 5) is 33.3. The molecule has 0 N–H and O–H groups in total. The van der Waals surface area contributed by atoms with E-state index in [2.05, 4.69) is 39.4 Å². The van der Waals surface area contributed by atoms with Gasteiger partial charge in [-0.25, -0.2) is 0 Å². The van der Waals surface area contributed by atoms with Crippen molar-refractivity contribution in [3.8, 4) is 16.9 Å². The minimum absolute atomic E-state index is 0.0366. The molecule has 9 rings (SSSR count). The van der Waals surface area contributed by atoms with E-state index in [1.807, 2.05) is 72.3 Å². The summed E-state index contributed by atoms with van der Waals surface area (Å²) >= 11 is 0. The van der Waals surface area contributed by atoms with Crippen LogP contribution in [-0.2, 0) is 0 Å². The number of nitrogens with zero attached hydrogens (tertiary/aromatic N) is 5. The van der Waals surface area contributed by atoms with E-state index in [1.165, 1.54) is 38.5 Å². The number of carbonyl (C=O) groups is 2. The van der Waals surface area contributed by atoms with Crippen LogP contribution in [0.15, 0.2) is 72.8 Å². The van der Waals surface area contributed by atoms with Crippen LogP contribution in [0, 0.1) is 23.2 Å². The predicted octanol–water partition coefficient (Wildman–Crippen LogP) is 6.95. The van der Waals surface area contributed by atoms with Gasteiger partial charge in [-0.15, -0.1) is 10.2 Å². The van der Waals surface area contributed by atoms with Crippen molar-refractivity contribution < 1.29 is 14.3 Å². The Balaban J connectivity index is 0.911. The van der Waals surface area contributed by atoms with Gasteiger partial charge in [0.15, 0.2) is 11.5 Å². The maximum absolute atomic E-state index is 13.9. The molecular formula is C40H45N5O3. The number of rotatable bonds is 8. The highest BCUT2D eigenvalue weighted by Gasteiger charge is 2.51. The third kappa shape index (κ3) is 5.80. The van der Waals surface area contributed by atoms with Crippen LogP contribution in [0.4, 0.5) is 5.82 Å². The number of piperazine rings is 1.